The molecule has 0 aliphatic carbocycles. The number of ether oxygens (including phenoxy) is 1. The van der Waals surface area contributed by atoms with Crippen molar-refractivity contribution in [3.8, 4) is 5.75 Å². The van der Waals surface area contributed by atoms with Crippen LogP contribution in [0.1, 0.15) is 24.1 Å². The van der Waals surface area contributed by atoms with Gasteiger partial charge in [0.25, 0.3) is 0 Å². The first-order valence-corrected chi connectivity index (χ1v) is 6.81. The van der Waals surface area contributed by atoms with Crippen LogP contribution in [-0.4, -0.2) is 12.2 Å². The number of nitrogens with one attached hydrogen (secondary N) is 1. The zero-order valence-corrected chi connectivity index (χ0v) is 12.3. The fourth-order valence-electron chi connectivity index (χ4n) is 2.04. The topological polar surface area (TPSA) is 41.5 Å². The quantitative estimate of drug-likeness (QED) is 0.874. The highest BCUT2D eigenvalue weighted by Gasteiger charge is 2.09. The lowest BCUT2D eigenvalue weighted by atomic mass is 10.1. The molecule has 0 unspecified atom stereocenters. The monoisotopic (exact) mass is 291 g/mol. The molecule has 0 amide bonds. The molecule has 0 spiro atoms. The number of benzene rings is 2. The number of hydrogen-bond acceptors (Lipinski definition) is 3. The molecule has 2 aromatic carbocycles. The summed E-state index contributed by atoms with van der Waals surface area (Å²) in [7, 11) is 1.61. The molecule has 1 atom stereocenters. The summed E-state index contributed by atoms with van der Waals surface area (Å²) in [4.78, 5) is 0. The maximum absolute atomic E-state index is 9.45. The van der Waals surface area contributed by atoms with Gasteiger partial charge < -0.3 is 15.2 Å². The van der Waals surface area contributed by atoms with E-state index in [2.05, 4.69) is 12.2 Å². The number of aliphatic hydroxyl groups excluding tert-OH is 1. The molecular weight excluding hydrogens is 274 g/mol. The molecule has 106 valence electrons. The molecule has 0 radical (unpaired) electrons. The number of methoxy groups -OCH3 is 1. The minimum Gasteiger partial charge on any atom is -0.497 e. The Bertz CT molecular complexity index is 569. The molecular formula is C16H18ClNO2. The third kappa shape index (κ3) is 3.44. The standard InChI is InChI=1S/C16H18ClNO2/c1-11(12-3-5-14(17)6-4-12)18-16-8-7-15(20-2)9-13(16)10-19/h3-9,11,18-19H,10H2,1-2H3/t11-/m0/s1. The second-order valence-electron chi connectivity index (χ2n) is 4.60. The molecule has 4 heteroatoms. The van der Waals surface area contributed by atoms with Crippen molar-refractivity contribution < 1.29 is 9.84 Å². The van der Waals surface area contributed by atoms with Crippen LogP contribution in [0, 0.1) is 0 Å². The van der Waals surface area contributed by atoms with E-state index in [0.29, 0.717) is 0 Å². The number of hydrogen-bond donors (Lipinski definition) is 2. The van der Waals surface area contributed by atoms with Gasteiger partial charge in [-0.2, -0.15) is 0 Å². The largest absolute Gasteiger partial charge is 0.497 e. The summed E-state index contributed by atoms with van der Waals surface area (Å²) >= 11 is 5.89. The SMILES string of the molecule is COc1ccc(N[C@@H](C)c2ccc(Cl)cc2)c(CO)c1. The Labute approximate surface area is 124 Å². The summed E-state index contributed by atoms with van der Waals surface area (Å²) < 4.78 is 5.16. The van der Waals surface area contributed by atoms with Crippen LogP contribution in [0.4, 0.5) is 5.69 Å². The van der Waals surface area contributed by atoms with Gasteiger partial charge in [-0.3, -0.25) is 0 Å². The van der Waals surface area contributed by atoms with Gasteiger partial charge in [0.15, 0.2) is 0 Å². The first kappa shape index (κ1) is 14.7. The van der Waals surface area contributed by atoms with Gasteiger partial charge in [0.05, 0.1) is 13.7 Å². The number of rotatable bonds is 5. The van der Waals surface area contributed by atoms with Crippen molar-refractivity contribution in [1.82, 2.24) is 0 Å². The van der Waals surface area contributed by atoms with Crippen LogP contribution in [0.25, 0.3) is 0 Å². The van der Waals surface area contributed by atoms with Crippen LogP contribution < -0.4 is 10.1 Å². The van der Waals surface area contributed by atoms with E-state index in [9.17, 15) is 5.11 Å². The van der Waals surface area contributed by atoms with Crippen molar-refractivity contribution in [2.45, 2.75) is 19.6 Å². The van der Waals surface area contributed by atoms with Crippen molar-refractivity contribution in [3.63, 3.8) is 0 Å². The summed E-state index contributed by atoms with van der Waals surface area (Å²) in [5.41, 5.74) is 2.84. The summed E-state index contributed by atoms with van der Waals surface area (Å²) in [6.07, 6.45) is 0. The molecule has 0 saturated heterocycles. The van der Waals surface area contributed by atoms with Gasteiger partial charge in [-0.25, -0.2) is 0 Å². The lowest BCUT2D eigenvalue weighted by Crippen LogP contribution is -2.08. The first-order chi connectivity index (χ1) is 9.63. The van der Waals surface area contributed by atoms with E-state index < -0.39 is 0 Å². The summed E-state index contributed by atoms with van der Waals surface area (Å²) in [5, 5.41) is 13.6. The fraction of sp³-hybridized carbons (Fsp3) is 0.250. The van der Waals surface area contributed by atoms with Crippen LogP contribution in [0.2, 0.25) is 5.02 Å². The Balaban J connectivity index is 2.18. The van der Waals surface area contributed by atoms with Crippen LogP contribution in [0.5, 0.6) is 5.75 Å². The Morgan fingerprint density at radius 2 is 1.90 bits per heavy atom. The Kier molecular flexibility index (Phi) is 4.88. The molecule has 0 bridgehead atoms. The lowest BCUT2D eigenvalue weighted by molar-refractivity contribution is 0.281. The number of anilines is 1. The molecule has 0 fully saturated rings. The van der Waals surface area contributed by atoms with Crippen molar-refractivity contribution >= 4 is 17.3 Å². The van der Waals surface area contributed by atoms with Gasteiger partial charge >= 0.3 is 0 Å². The molecule has 0 saturated carbocycles. The number of aliphatic hydroxyl groups is 1. The molecule has 0 heterocycles. The average molecular weight is 292 g/mol. The van der Waals surface area contributed by atoms with Gasteiger partial charge in [-0.1, -0.05) is 23.7 Å². The fourth-order valence-corrected chi connectivity index (χ4v) is 2.16. The molecule has 2 aromatic rings. The summed E-state index contributed by atoms with van der Waals surface area (Å²) in [6.45, 7) is 2.03. The molecule has 0 aliphatic heterocycles. The van der Waals surface area contributed by atoms with Crippen LogP contribution in [0.15, 0.2) is 42.5 Å². The normalized spacial score (nSPS) is 12.0. The Morgan fingerprint density at radius 3 is 2.50 bits per heavy atom. The molecule has 2 N–H and O–H groups in total. The zero-order valence-electron chi connectivity index (χ0n) is 11.6. The zero-order chi connectivity index (χ0) is 14.5. The van der Waals surface area contributed by atoms with E-state index in [1.807, 2.05) is 42.5 Å². The third-order valence-electron chi connectivity index (χ3n) is 3.22. The van der Waals surface area contributed by atoms with E-state index in [4.69, 9.17) is 16.3 Å². The van der Waals surface area contributed by atoms with Crippen molar-refractivity contribution in [2.24, 2.45) is 0 Å². The number of halogens is 1. The van der Waals surface area contributed by atoms with E-state index >= 15 is 0 Å². The molecule has 2 rings (SSSR count). The minimum absolute atomic E-state index is 0.0349. The lowest BCUT2D eigenvalue weighted by Gasteiger charge is -2.18. The van der Waals surface area contributed by atoms with E-state index in [0.717, 1.165) is 27.6 Å². The van der Waals surface area contributed by atoms with Gasteiger partial charge in [0.1, 0.15) is 5.75 Å². The molecule has 3 nitrogen and oxygen atoms in total. The van der Waals surface area contributed by atoms with Gasteiger partial charge in [0, 0.05) is 22.3 Å². The van der Waals surface area contributed by atoms with E-state index in [1.54, 1.807) is 7.11 Å². The average Bonchev–Trinajstić information content (AvgIpc) is 2.48. The second-order valence-corrected chi connectivity index (χ2v) is 5.04. The maximum Gasteiger partial charge on any atom is 0.119 e. The van der Waals surface area contributed by atoms with Gasteiger partial charge in [-0.05, 0) is 42.8 Å². The Morgan fingerprint density at radius 1 is 1.20 bits per heavy atom. The van der Waals surface area contributed by atoms with Crippen LogP contribution >= 0.6 is 11.6 Å². The third-order valence-corrected chi connectivity index (χ3v) is 3.48. The highest BCUT2D eigenvalue weighted by molar-refractivity contribution is 6.30. The smallest absolute Gasteiger partial charge is 0.119 e. The van der Waals surface area contributed by atoms with E-state index in [1.165, 1.54) is 0 Å². The van der Waals surface area contributed by atoms with Gasteiger partial charge in [-0.15, -0.1) is 0 Å². The summed E-state index contributed by atoms with van der Waals surface area (Å²) in [6, 6.07) is 13.5. The Hall–Kier alpha value is -1.71. The first-order valence-electron chi connectivity index (χ1n) is 6.44. The molecule has 20 heavy (non-hydrogen) atoms. The summed E-state index contributed by atoms with van der Waals surface area (Å²) in [5.74, 6) is 0.735. The van der Waals surface area contributed by atoms with Crippen LogP contribution in [-0.2, 0) is 6.61 Å². The van der Waals surface area contributed by atoms with Crippen molar-refractivity contribution in [1.29, 1.82) is 0 Å². The molecule has 0 aliphatic rings. The van der Waals surface area contributed by atoms with Crippen LogP contribution in [0.3, 0.4) is 0 Å². The minimum atomic E-state index is -0.0349. The van der Waals surface area contributed by atoms with E-state index in [-0.39, 0.29) is 12.6 Å². The highest BCUT2D eigenvalue weighted by Crippen LogP contribution is 2.26. The maximum atomic E-state index is 9.45. The predicted octanol–water partition coefficient (Wildman–Crippen LogP) is 4.01. The molecule has 0 aromatic heterocycles. The van der Waals surface area contributed by atoms with Crippen molar-refractivity contribution in [2.75, 3.05) is 12.4 Å². The van der Waals surface area contributed by atoms with Crippen molar-refractivity contribution in [3.05, 3.63) is 58.6 Å². The predicted molar refractivity (Wildman–Crippen MR) is 82.4 cm³/mol. The highest BCUT2D eigenvalue weighted by atomic mass is 35.5. The van der Waals surface area contributed by atoms with Gasteiger partial charge in [0.2, 0.25) is 0 Å². The second kappa shape index (κ2) is 6.64.